The Balaban J connectivity index is 1.32. The minimum absolute atomic E-state index is 0.0249. The van der Waals surface area contributed by atoms with Crippen LogP contribution in [0, 0.1) is 0 Å². The zero-order valence-corrected chi connectivity index (χ0v) is 18.6. The molecule has 1 aliphatic heterocycles. The van der Waals surface area contributed by atoms with Gasteiger partial charge in [-0.25, -0.2) is 0 Å². The van der Waals surface area contributed by atoms with E-state index < -0.39 is 0 Å². The van der Waals surface area contributed by atoms with Crippen LogP contribution >= 0.6 is 22.7 Å². The normalized spacial score (nSPS) is 14.2. The first-order chi connectivity index (χ1) is 14.8. The van der Waals surface area contributed by atoms with Gasteiger partial charge in [-0.1, -0.05) is 12.1 Å². The van der Waals surface area contributed by atoms with Gasteiger partial charge in [0.05, 0.1) is 19.8 Å². The Bertz CT molecular complexity index is 889. The lowest BCUT2D eigenvalue weighted by Crippen LogP contribution is -2.36. The molecule has 5 nitrogen and oxygen atoms in total. The molecular formula is C23H27N3O2S2. The third-order valence-corrected chi connectivity index (χ3v) is 6.91. The topological polar surface area (TPSA) is 44.8 Å². The van der Waals surface area contributed by atoms with E-state index in [1.807, 2.05) is 12.1 Å². The lowest BCUT2D eigenvalue weighted by atomic mass is 10.2. The molecule has 0 spiro atoms. The first-order valence-electron chi connectivity index (χ1n) is 10.3. The fourth-order valence-electron chi connectivity index (χ4n) is 3.54. The lowest BCUT2D eigenvalue weighted by Gasteiger charge is -2.29. The number of hydrogen-bond acceptors (Lipinski definition) is 6. The number of nitrogens with zero attached hydrogens (tertiary/aromatic N) is 2. The fraction of sp³-hybridized carbons (Fsp3) is 0.348. The van der Waals surface area contributed by atoms with E-state index in [2.05, 4.69) is 62.3 Å². The van der Waals surface area contributed by atoms with Crippen LogP contribution in [0.4, 0.5) is 11.4 Å². The molecule has 3 aromatic rings. The highest BCUT2D eigenvalue weighted by Gasteiger charge is 2.14. The Labute approximate surface area is 185 Å². The van der Waals surface area contributed by atoms with Gasteiger partial charge in [-0.2, -0.15) is 0 Å². The summed E-state index contributed by atoms with van der Waals surface area (Å²) in [6.07, 6.45) is 0.963. The molecule has 158 valence electrons. The molecule has 4 rings (SSSR count). The monoisotopic (exact) mass is 441 g/mol. The summed E-state index contributed by atoms with van der Waals surface area (Å²) in [5.41, 5.74) is 2.01. The van der Waals surface area contributed by atoms with Crippen LogP contribution in [0.15, 0.2) is 59.3 Å². The molecule has 1 aliphatic rings. The largest absolute Gasteiger partial charge is 0.378 e. The summed E-state index contributed by atoms with van der Waals surface area (Å²) in [4.78, 5) is 19.9. The summed E-state index contributed by atoms with van der Waals surface area (Å²) in [5, 5.41) is 7.25. The van der Waals surface area contributed by atoms with E-state index in [4.69, 9.17) is 4.74 Å². The molecule has 7 heteroatoms. The van der Waals surface area contributed by atoms with Crippen LogP contribution in [0.2, 0.25) is 0 Å². The van der Waals surface area contributed by atoms with Crippen molar-refractivity contribution in [2.45, 2.75) is 13.0 Å². The average molecular weight is 442 g/mol. The number of benzene rings is 1. The lowest BCUT2D eigenvalue weighted by molar-refractivity contribution is -0.117. The minimum atomic E-state index is 0.0249. The van der Waals surface area contributed by atoms with Gasteiger partial charge in [-0.15, -0.1) is 22.7 Å². The highest BCUT2D eigenvalue weighted by Crippen LogP contribution is 2.19. The SMILES string of the molecule is O=C(CN(CCc1cccs1)Cc1cccs1)Nc1ccc(N2CCOCC2)cc1. The molecule has 1 fully saturated rings. The Morgan fingerprint density at radius 2 is 1.70 bits per heavy atom. The second-order valence-electron chi connectivity index (χ2n) is 7.31. The second-order valence-corrected chi connectivity index (χ2v) is 9.38. The van der Waals surface area contributed by atoms with Gasteiger partial charge in [0.2, 0.25) is 5.91 Å². The van der Waals surface area contributed by atoms with E-state index in [9.17, 15) is 4.79 Å². The molecule has 2 aromatic heterocycles. The van der Waals surface area contributed by atoms with Crippen LogP contribution < -0.4 is 10.2 Å². The minimum Gasteiger partial charge on any atom is -0.378 e. The molecule has 1 aromatic carbocycles. The van der Waals surface area contributed by atoms with Gasteiger partial charge in [-0.05, 0) is 53.6 Å². The molecule has 3 heterocycles. The number of amides is 1. The zero-order valence-electron chi connectivity index (χ0n) is 17.0. The van der Waals surface area contributed by atoms with E-state index in [0.29, 0.717) is 6.54 Å². The van der Waals surface area contributed by atoms with Crippen molar-refractivity contribution < 1.29 is 9.53 Å². The molecule has 1 amide bonds. The molecule has 1 saturated heterocycles. The number of anilines is 2. The maximum Gasteiger partial charge on any atom is 0.238 e. The summed E-state index contributed by atoms with van der Waals surface area (Å²) in [6.45, 7) is 5.40. The Hall–Kier alpha value is -2.19. The smallest absolute Gasteiger partial charge is 0.238 e. The Morgan fingerprint density at radius 3 is 2.37 bits per heavy atom. The molecule has 0 bridgehead atoms. The number of carbonyl (C=O) groups excluding carboxylic acids is 1. The number of ether oxygens (including phenoxy) is 1. The van der Waals surface area contributed by atoms with Crippen molar-refractivity contribution in [2.75, 3.05) is 49.6 Å². The highest BCUT2D eigenvalue weighted by molar-refractivity contribution is 7.10. The van der Waals surface area contributed by atoms with Crippen molar-refractivity contribution in [1.82, 2.24) is 4.90 Å². The van der Waals surface area contributed by atoms with Crippen LogP contribution in [0.3, 0.4) is 0 Å². The van der Waals surface area contributed by atoms with Crippen LogP contribution in [-0.4, -0.2) is 50.2 Å². The Kier molecular flexibility index (Phi) is 7.53. The third kappa shape index (κ3) is 6.15. The molecule has 0 aliphatic carbocycles. The van der Waals surface area contributed by atoms with Crippen molar-refractivity contribution in [3.05, 3.63) is 69.0 Å². The number of hydrogen-bond donors (Lipinski definition) is 1. The predicted molar refractivity (Wildman–Crippen MR) is 126 cm³/mol. The molecule has 0 saturated carbocycles. The van der Waals surface area contributed by atoms with Crippen LogP contribution in [0.1, 0.15) is 9.75 Å². The number of thiophene rings is 2. The van der Waals surface area contributed by atoms with Gasteiger partial charge in [-0.3, -0.25) is 9.69 Å². The fourth-order valence-corrected chi connectivity index (χ4v) is 4.99. The van der Waals surface area contributed by atoms with Crippen LogP contribution in [-0.2, 0) is 22.5 Å². The van der Waals surface area contributed by atoms with E-state index in [0.717, 1.165) is 51.5 Å². The summed E-state index contributed by atoms with van der Waals surface area (Å²) < 4.78 is 5.41. The summed E-state index contributed by atoms with van der Waals surface area (Å²) in [5.74, 6) is 0.0249. The quantitative estimate of drug-likeness (QED) is 0.537. The number of nitrogens with one attached hydrogen (secondary N) is 1. The first-order valence-corrected chi connectivity index (χ1v) is 12.0. The zero-order chi connectivity index (χ0) is 20.6. The Morgan fingerprint density at radius 1 is 1.00 bits per heavy atom. The van der Waals surface area contributed by atoms with E-state index in [1.54, 1.807) is 22.7 Å². The summed E-state index contributed by atoms with van der Waals surface area (Å²) >= 11 is 3.51. The number of rotatable bonds is 9. The van der Waals surface area contributed by atoms with E-state index in [-0.39, 0.29) is 5.91 Å². The van der Waals surface area contributed by atoms with Crippen molar-refractivity contribution >= 4 is 40.0 Å². The molecule has 1 N–H and O–H groups in total. The van der Waals surface area contributed by atoms with Gasteiger partial charge in [0.25, 0.3) is 0 Å². The standard InChI is InChI=1S/C23H27N3O2S2/c27-23(24-19-5-7-20(8-6-19)26-11-13-28-14-12-26)18-25(17-22-4-2-16-30-22)10-9-21-3-1-15-29-21/h1-8,15-16H,9-14,17-18H2,(H,24,27). The summed E-state index contributed by atoms with van der Waals surface area (Å²) in [6, 6.07) is 16.5. The van der Waals surface area contributed by atoms with Gasteiger partial charge < -0.3 is 15.0 Å². The van der Waals surface area contributed by atoms with Crippen molar-refractivity contribution in [3.63, 3.8) is 0 Å². The van der Waals surface area contributed by atoms with Gasteiger partial charge in [0.1, 0.15) is 0 Å². The maximum absolute atomic E-state index is 12.7. The predicted octanol–water partition coefficient (Wildman–Crippen LogP) is 4.33. The molecule has 30 heavy (non-hydrogen) atoms. The molecule has 0 unspecified atom stereocenters. The number of morpholine rings is 1. The average Bonchev–Trinajstić information content (AvgIpc) is 3.47. The van der Waals surface area contributed by atoms with Gasteiger partial charge in [0.15, 0.2) is 0 Å². The maximum atomic E-state index is 12.7. The van der Waals surface area contributed by atoms with Crippen LogP contribution in [0.5, 0.6) is 0 Å². The summed E-state index contributed by atoms with van der Waals surface area (Å²) in [7, 11) is 0. The molecule has 0 atom stereocenters. The van der Waals surface area contributed by atoms with Crippen molar-refractivity contribution in [1.29, 1.82) is 0 Å². The van der Waals surface area contributed by atoms with E-state index in [1.165, 1.54) is 15.4 Å². The van der Waals surface area contributed by atoms with Crippen molar-refractivity contribution in [3.8, 4) is 0 Å². The molecule has 0 radical (unpaired) electrons. The highest BCUT2D eigenvalue weighted by atomic mass is 32.1. The second kappa shape index (κ2) is 10.7. The third-order valence-electron chi connectivity index (χ3n) is 5.11. The van der Waals surface area contributed by atoms with Gasteiger partial charge in [0, 0.05) is 47.3 Å². The van der Waals surface area contributed by atoms with Crippen molar-refractivity contribution in [2.24, 2.45) is 0 Å². The molecular weight excluding hydrogens is 414 g/mol. The first kappa shape index (κ1) is 21.1. The van der Waals surface area contributed by atoms with Gasteiger partial charge >= 0.3 is 0 Å². The van der Waals surface area contributed by atoms with E-state index >= 15 is 0 Å². The number of carbonyl (C=O) groups is 1. The van der Waals surface area contributed by atoms with Crippen LogP contribution in [0.25, 0.3) is 0 Å².